The Labute approximate surface area is 104 Å². The third-order valence-electron chi connectivity index (χ3n) is 3.32. The molecule has 0 N–H and O–H groups in total. The molecule has 0 nitrogen and oxygen atoms in total. The highest BCUT2D eigenvalue weighted by Crippen LogP contribution is 2.20. The molecule has 0 saturated carbocycles. The van der Waals surface area contributed by atoms with Gasteiger partial charge < -0.3 is 0 Å². The van der Waals surface area contributed by atoms with E-state index in [1.54, 1.807) is 0 Å². The number of hydrogen-bond acceptors (Lipinski definition) is 0. The van der Waals surface area contributed by atoms with Crippen LogP contribution >= 0.6 is 0 Å². The molecule has 0 aliphatic rings. The Morgan fingerprint density at radius 1 is 0.938 bits per heavy atom. The van der Waals surface area contributed by atoms with Crippen LogP contribution in [0.2, 0.25) is 0 Å². The molecule has 0 fully saturated rings. The number of allylic oxidation sites excluding steroid dienone is 1. The first kappa shape index (κ1) is 15.7. The van der Waals surface area contributed by atoms with Crippen molar-refractivity contribution >= 4 is 0 Å². The summed E-state index contributed by atoms with van der Waals surface area (Å²) in [6.45, 7) is 11.1. The predicted octanol–water partition coefficient (Wildman–Crippen LogP) is 6.12. The molecule has 96 valence electrons. The molecule has 0 saturated heterocycles. The standard InChI is InChI=1S/C16H32/c1-5-7-9-11-13-16(4)14-15(3)12-10-8-6-2/h15H,4-14H2,1-3H3. The van der Waals surface area contributed by atoms with Gasteiger partial charge in [0.25, 0.3) is 0 Å². The van der Waals surface area contributed by atoms with Crippen molar-refractivity contribution in [3.63, 3.8) is 0 Å². The minimum absolute atomic E-state index is 0.852. The summed E-state index contributed by atoms with van der Waals surface area (Å²) in [4.78, 5) is 0. The van der Waals surface area contributed by atoms with Crippen molar-refractivity contribution < 1.29 is 0 Å². The van der Waals surface area contributed by atoms with E-state index in [-0.39, 0.29) is 0 Å². The van der Waals surface area contributed by atoms with Crippen molar-refractivity contribution in [2.75, 3.05) is 0 Å². The maximum atomic E-state index is 4.22. The van der Waals surface area contributed by atoms with Crippen LogP contribution < -0.4 is 0 Å². The van der Waals surface area contributed by atoms with E-state index < -0.39 is 0 Å². The summed E-state index contributed by atoms with van der Waals surface area (Å²) in [6.07, 6.45) is 13.5. The minimum atomic E-state index is 0.852. The van der Waals surface area contributed by atoms with Gasteiger partial charge in [-0.3, -0.25) is 0 Å². The van der Waals surface area contributed by atoms with Crippen LogP contribution in [0.5, 0.6) is 0 Å². The maximum absolute atomic E-state index is 4.22. The van der Waals surface area contributed by atoms with Gasteiger partial charge in [0.15, 0.2) is 0 Å². The van der Waals surface area contributed by atoms with E-state index in [4.69, 9.17) is 0 Å². The Kier molecular flexibility index (Phi) is 11.0. The molecular weight excluding hydrogens is 192 g/mol. The molecule has 0 aromatic heterocycles. The van der Waals surface area contributed by atoms with Crippen LogP contribution in [0.25, 0.3) is 0 Å². The quantitative estimate of drug-likeness (QED) is 0.293. The summed E-state index contributed by atoms with van der Waals surface area (Å²) in [6, 6.07) is 0. The summed E-state index contributed by atoms with van der Waals surface area (Å²) in [7, 11) is 0. The predicted molar refractivity (Wildman–Crippen MR) is 75.8 cm³/mol. The lowest BCUT2D eigenvalue weighted by atomic mass is 9.93. The topological polar surface area (TPSA) is 0 Å². The Hall–Kier alpha value is -0.260. The normalized spacial score (nSPS) is 12.7. The van der Waals surface area contributed by atoms with Crippen molar-refractivity contribution in [1.82, 2.24) is 0 Å². The summed E-state index contributed by atoms with van der Waals surface area (Å²) < 4.78 is 0. The Morgan fingerprint density at radius 2 is 1.56 bits per heavy atom. The number of rotatable bonds is 11. The molecule has 1 atom stereocenters. The summed E-state index contributed by atoms with van der Waals surface area (Å²) in [5.74, 6) is 0.852. The third kappa shape index (κ3) is 10.3. The van der Waals surface area contributed by atoms with Gasteiger partial charge in [0.05, 0.1) is 0 Å². The monoisotopic (exact) mass is 224 g/mol. The summed E-state index contributed by atoms with van der Waals surface area (Å²) in [5.41, 5.74) is 1.49. The fourth-order valence-electron chi connectivity index (χ4n) is 2.24. The zero-order chi connectivity index (χ0) is 12.2. The van der Waals surface area contributed by atoms with Crippen LogP contribution in [0.15, 0.2) is 12.2 Å². The summed E-state index contributed by atoms with van der Waals surface area (Å²) >= 11 is 0. The van der Waals surface area contributed by atoms with Gasteiger partial charge in [0, 0.05) is 0 Å². The third-order valence-corrected chi connectivity index (χ3v) is 3.32. The van der Waals surface area contributed by atoms with E-state index in [9.17, 15) is 0 Å². The molecule has 0 spiro atoms. The smallest absolute Gasteiger partial charge is 0.0297 e. The Bertz CT molecular complexity index is 157. The largest absolute Gasteiger partial charge is 0.0999 e. The molecule has 1 unspecified atom stereocenters. The van der Waals surface area contributed by atoms with E-state index in [0.29, 0.717) is 0 Å². The van der Waals surface area contributed by atoms with Crippen LogP contribution in [0.4, 0.5) is 0 Å². The lowest BCUT2D eigenvalue weighted by Gasteiger charge is -2.13. The van der Waals surface area contributed by atoms with E-state index in [0.717, 1.165) is 5.92 Å². The Balaban J connectivity index is 3.39. The van der Waals surface area contributed by atoms with Crippen LogP contribution in [0, 0.1) is 5.92 Å². The van der Waals surface area contributed by atoms with Crippen molar-refractivity contribution in [1.29, 1.82) is 0 Å². The first-order valence-electron chi connectivity index (χ1n) is 7.37. The van der Waals surface area contributed by atoms with Crippen LogP contribution in [-0.4, -0.2) is 0 Å². The molecule has 0 amide bonds. The Morgan fingerprint density at radius 3 is 2.19 bits per heavy atom. The average molecular weight is 224 g/mol. The minimum Gasteiger partial charge on any atom is -0.0999 e. The van der Waals surface area contributed by atoms with Crippen molar-refractivity contribution in [2.24, 2.45) is 5.92 Å². The molecule has 0 aromatic carbocycles. The van der Waals surface area contributed by atoms with Crippen molar-refractivity contribution in [3.05, 3.63) is 12.2 Å². The van der Waals surface area contributed by atoms with Crippen molar-refractivity contribution in [3.8, 4) is 0 Å². The van der Waals surface area contributed by atoms with Crippen LogP contribution in [-0.2, 0) is 0 Å². The molecule has 0 rings (SSSR count). The van der Waals surface area contributed by atoms with Crippen molar-refractivity contribution in [2.45, 2.75) is 85.0 Å². The van der Waals surface area contributed by atoms with Gasteiger partial charge in [-0.15, -0.1) is 0 Å². The molecule has 0 heterocycles. The maximum Gasteiger partial charge on any atom is -0.0297 e. The number of unbranched alkanes of at least 4 members (excludes halogenated alkanes) is 5. The van der Waals surface area contributed by atoms with E-state index in [1.165, 1.54) is 69.8 Å². The van der Waals surface area contributed by atoms with Gasteiger partial charge in [-0.2, -0.15) is 0 Å². The summed E-state index contributed by atoms with van der Waals surface area (Å²) in [5, 5.41) is 0. The highest BCUT2D eigenvalue weighted by Gasteiger charge is 2.04. The van der Waals surface area contributed by atoms with E-state index >= 15 is 0 Å². The lowest BCUT2D eigenvalue weighted by molar-refractivity contribution is 0.483. The molecule has 0 heteroatoms. The molecular formula is C16H32. The zero-order valence-corrected chi connectivity index (χ0v) is 11.9. The fourth-order valence-corrected chi connectivity index (χ4v) is 2.24. The van der Waals surface area contributed by atoms with E-state index in [2.05, 4.69) is 27.4 Å². The first-order valence-corrected chi connectivity index (χ1v) is 7.37. The van der Waals surface area contributed by atoms with Gasteiger partial charge >= 0.3 is 0 Å². The highest BCUT2D eigenvalue weighted by atomic mass is 14.1. The van der Waals surface area contributed by atoms with Crippen LogP contribution in [0.3, 0.4) is 0 Å². The average Bonchev–Trinajstić information content (AvgIpc) is 2.25. The SMILES string of the molecule is C=C(CCCCCC)CC(C)CCCCC. The molecule has 0 radical (unpaired) electrons. The molecule has 0 aromatic rings. The molecule has 0 aliphatic heterocycles. The first-order chi connectivity index (χ1) is 7.70. The van der Waals surface area contributed by atoms with Crippen LogP contribution in [0.1, 0.15) is 85.0 Å². The van der Waals surface area contributed by atoms with E-state index in [1.807, 2.05) is 0 Å². The number of hydrogen-bond donors (Lipinski definition) is 0. The second-order valence-corrected chi connectivity index (χ2v) is 5.37. The van der Waals surface area contributed by atoms with Gasteiger partial charge in [-0.1, -0.05) is 77.9 Å². The molecule has 0 bridgehead atoms. The second kappa shape index (κ2) is 11.2. The lowest BCUT2D eigenvalue weighted by Crippen LogP contribution is -1.97. The van der Waals surface area contributed by atoms with Gasteiger partial charge in [-0.05, 0) is 25.2 Å². The second-order valence-electron chi connectivity index (χ2n) is 5.37. The highest BCUT2D eigenvalue weighted by molar-refractivity contribution is 4.94. The van der Waals surface area contributed by atoms with Gasteiger partial charge in [-0.25, -0.2) is 0 Å². The van der Waals surface area contributed by atoms with Gasteiger partial charge in [0.2, 0.25) is 0 Å². The fraction of sp³-hybridized carbons (Fsp3) is 0.875. The molecule has 0 aliphatic carbocycles. The van der Waals surface area contributed by atoms with Gasteiger partial charge in [0.1, 0.15) is 0 Å². The zero-order valence-electron chi connectivity index (χ0n) is 11.9. The molecule has 16 heavy (non-hydrogen) atoms.